The van der Waals surface area contributed by atoms with E-state index >= 15 is 0 Å². The quantitative estimate of drug-likeness (QED) is 0.913. The summed E-state index contributed by atoms with van der Waals surface area (Å²) in [6, 6.07) is 6.71. The Bertz CT molecular complexity index is 788. The number of fused-ring (bicyclic) bond motifs is 1. The molecule has 0 aliphatic carbocycles. The molecule has 9 heteroatoms. The molecule has 1 N–H and O–H groups in total. The zero-order chi connectivity index (χ0) is 14.3. The lowest BCUT2D eigenvalue weighted by Gasteiger charge is -2.29. The maximum atomic E-state index is 12.6. The molecule has 1 aliphatic rings. The van der Waals surface area contributed by atoms with Crippen LogP contribution < -0.4 is 9.62 Å². The summed E-state index contributed by atoms with van der Waals surface area (Å²) < 4.78 is 26.3. The van der Waals surface area contributed by atoms with Crippen LogP contribution in [0.3, 0.4) is 0 Å². The van der Waals surface area contributed by atoms with E-state index in [1.54, 1.807) is 24.3 Å². The van der Waals surface area contributed by atoms with Gasteiger partial charge < -0.3 is 5.32 Å². The topological polar surface area (TPSA) is 79.4 Å². The molecule has 0 bridgehead atoms. The van der Waals surface area contributed by atoms with Crippen molar-refractivity contribution in [1.82, 2.24) is 4.98 Å². The summed E-state index contributed by atoms with van der Waals surface area (Å²) in [6.45, 7) is -0.269. The van der Waals surface area contributed by atoms with Gasteiger partial charge in [-0.05, 0) is 12.1 Å². The summed E-state index contributed by atoms with van der Waals surface area (Å²) >= 11 is 6.54. The van der Waals surface area contributed by atoms with Gasteiger partial charge in [-0.25, -0.2) is 13.4 Å². The lowest BCUT2D eigenvalue weighted by atomic mass is 10.2. The van der Waals surface area contributed by atoms with Gasteiger partial charge in [0.1, 0.15) is 6.54 Å². The van der Waals surface area contributed by atoms with Crippen LogP contribution in [0, 0.1) is 0 Å². The van der Waals surface area contributed by atoms with Gasteiger partial charge in [0.05, 0.1) is 17.6 Å². The van der Waals surface area contributed by atoms with Crippen molar-refractivity contribution < 1.29 is 13.2 Å². The van der Waals surface area contributed by atoms with E-state index in [0.717, 1.165) is 15.6 Å². The van der Waals surface area contributed by atoms with E-state index in [9.17, 15) is 13.2 Å². The van der Waals surface area contributed by atoms with E-state index in [2.05, 4.69) is 10.3 Å². The monoisotopic (exact) mass is 329 g/mol. The van der Waals surface area contributed by atoms with Gasteiger partial charge in [-0.2, -0.15) is 0 Å². The molecule has 0 atom stereocenters. The molecular weight excluding hydrogens is 322 g/mol. The summed E-state index contributed by atoms with van der Waals surface area (Å²) in [5.41, 5.74) is 0.888. The number of halogens is 1. The van der Waals surface area contributed by atoms with Gasteiger partial charge in [0.25, 0.3) is 10.0 Å². The Morgan fingerprint density at radius 1 is 1.35 bits per heavy atom. The van der Waals surface area contributed by atoms with E-state index in [-0.39, 0.29) is 21.1 Å². The second kappa shape index (κ2) is 4.72. The fourth-order valence-corrected chi connectivity index (χ4v) is 4.73. The third kappa shape index (κ3) is 2.15. The number of thiazole rings is 1. The number of amides is 1. The van der Waals surface area contributed by atoms with Crippen molar-refractivity contribution in [3.8, 4) is 0 Å². The summed E-state index contributed by atoms with van der Waals surface area (Å²) in [4.78, 5) is 15.4. The van der Waals surface area contributed by atoms with Crippen LogP contribution in [-0.4, -0.2) is 25.9 Å². The number of nitrogens with zero attached hydrogens (tertiary/aromatic N) is 2. The van der Waals surface area contributed by atoms with Crippen LogP contribution in [0.1, 0.15) is 0 Å². The lowest BCUT2D eigenvalue weighted by molar-refractivity contribution is -0.115. The first-order valence-electron chi connectivity index (χ1n) is 5.51. The third-order valence-corrected chi connectivity index (χ3v) is 6.05. The summed E-state index contributed by atoms with van der Waals surface area (Å²) in [5, 5.41) is 2.64. The standard InChI is InChI=1S/C11H8ClN3O3S2/c12-11-13-5-10(19-11)20(17,18)15-6-9(16)14-7-3-1-2-4-8(7)15/h1-5H,6H2,(H,14,16). The van der Waals surface area contributed by atoms with Crippen molar-refractivity contribution in [2.45, 2.75) is 4.21 Å². The summed E-state index contributed by atoms with van der Waals surface area (Å²) in [6.07, 6.45) is 1.19. The predicted molar refractivity (Wildman–Crippen MR) is 76.7 cm³/mol. The average molecular weight is 330 g/mol. The molecule has 3 rings (SSSR count). The highest BCUT2D eigenvalue weighted by Crippen LogP contribution is 2.35. The average Bonchev–Trinajstić information content (AvgIpc) is 2.85. The smallest absolute Gasteiger partial charge is 0.276 e. The highest BCUT2D eigenvalue weighted by atomic mass is 35.5. The van der Waals surface area contributed by atoms with E-state index in [1.165, 1.54) is 6.20 Å². The highest BCUT2D eigenvalue weighted by molar-refractivity contribution is 7.94. The molecule has 6 nitrogen and oxygen atoms in total. The number of rotatable bonds is 2. The number of aromatic nitrogens is 1. The Morgan fingerprint density at radius 2 is 2.10 bits per heavy atom. The molecule has 0 saturated carbocycles. The lowest BCUT2D eigenvalue weighted by Crippen LogP contribution is -2.41. The van der Waals surface area contributed by atoms with Crippen molar-refractivity contribution in [3.63, 3.8) is 0 Å². The number of anilines is 2. The fourth-order valence-electron chi connectivity index (χ4n) is 1.88. The first-order chi connectivity index (χ1) is 9.48. The largest absolute Gasteiger partial charge is 0.323 e. The Balaban J connectivity index is 2.13. The van der Waals surface area contributed by atoms with Gasteiger partial charge in [0.2, 0.25) is 5.91 Å². The highest BCUT2D eigenvalue weighted by Gasteiger charge is 2.33. The van der Waals surface area contributed by atoms with E-state index in [0.29, 0.717) is 11.4 Å². The number of hydrogen-bond acceptors (Lipinski definition) is 5. The van der Waals surface area contributed by atoms with Gasteiger partial charge in [-0.1, -0.05) is 35.1 Å². The van der Waals surface area contributed by atoms with Crippen LogP contribution in [0.25, 0.3) is 0 Å². The molecule has 1 aromatic carbocycles. The molecule has 0 saturated heterocycles. The van der Waals surface area contributed by atoms with E-state index in [4.69, 9.17) is 11.6 Å². The number of carbonyl (C=O) groups is 1. The first kappa shape index (κ1) is 13.3. The minimum absolute atomic E-state index is 0.00648. The Hall–Kier alpha value is -1.64. The zero-order valence-corrected chi connectivity index (χ0v) is 12.3. The maximum absolute atomic E-state index is 12.6. The third-order valence-electron chi connectivity index (χ3n) is 2.73. The zero-order valence-electron chi connectivity index (χ0n) is 9.91. The van der Waals surface area contributed by atoms with Gasteiger partial charge in [0, 0.05) is 0 Å². The normalized spacial score (nSPS) is 14.8. The first-order valence-corrected chi connectivity index (χ1v) is 8.15. The van der Waals surface area contributed by atoms with Crippen molar-refractivity contribution >= 4 is 50.2 Å². The van der Waals surface area contributed by atoms with Crippen LogP contribution in [0.5, 0.6) is 0 Å². The second-order valence-corrected chi connectivity index (χ2v) is 7.71. The molecular formula is C11H8ClN3O3S2. The number of para-hydroxylation sites is 2. The van der Waals surface area contributed by atoms with Crippen molar-refractivity contribution in [2.75, 3.05) is 16.2 Å². The van der Waals surface area contributed by atoms with Crippen molar-refractivity contribution in [2.24, 2.45) is 0 Å². The minimum Gasteiger partial charge on any atom is -0.323 e. The second-order valence-electron chi connectivity index (χ2n) is 4.01. The minimum atomic E-state index is -3.84. The van der Waals surface area contributed by atoms with Crippen LogP contribution in [-0.2, 0) is 14.8 Å². The summed E-state index contributed by atoms with van der Waals surface area (Å²) in [7, 11) is -3.84. The summed E-state index contributed by atoms with van der Waals surface area (Å²) in [5.74, 6) is -0.386. The van der Waals surface area contributed by atoms with Crippen LogP contribution in [0.4, 0.5) is 11.4 Å². The Morgan fingerprint density at radius 3 is 2.80 bits per heavy atom. The van der Waals surface area contributed by atoms with E-state index < -0.39 is 10.0 Å². The molecule has 104 valence electrons. The SMILES string of the molecule is O=C1CN(S(=O)(=O)c2cnc(Cl)s2)c2ccccc2N1. The molecule has 1 aromatic heterocycles. The van der Waals surface area contributed by atoms with Gasteiger partial charge in [-0.15, -0.1) is 0 Å². The molecule has 1 amide bonds. The Kier molecular flexibility index (Phi) is 3.15. The van der Waals surface area contributed by atoms with Gasteiger partial charge in [0.15, 0.2) is 8.68 Å². The van der Waals surface area contributed by atoms with Crippen LogP contribution >= 0.6 is 22.9 Å². The van der Waals surface area contributed by atoms with Gasteiger partial charge >= 0.3 is 0 Å². The van der Waals surface area contributed by atoms with Gasteiger partial charge in [-0.3, -0.25) is 9.10 Å². The molecule has 2 aromatic rings. The van der Waals surface area contributed by atoms with Crippen molar-refractivity contribution in [1.29, 1.82) is 0 Å². The predicted octanol–water partition coefficient (Wildman–Crippen LogP) is 1.94. The molecule has 20 heavy (non-hydrogen) atoms. The molecule has 0 unspecified atom stereocenters. The molecule has 0 radical (unpaired) electrons. The molecule has 0 fully saturated rings. The maximum Gasteiger partial charge on any atom is 0.276 e. The van der Waals surface area contributed by atoms with Crippen molar-refractivity contribution in [3.05, 3.63) is 34.9 Å². The fraction of sp³-hybridized carbons (Fsp3) is 0.0909. The number of hydrogen-bond donors (Lipinski definition) is 1. The van der Waals surface area contributed by atoms with Crippen LogP contribution in [0.2, 0.25) is 4.47 Å². The van der Waals surface area contributed by atoms with Crippen LogP contribution in [0.15, 0.2) is 34.7 Å². The number of nitrogens with one attached hydrogen (secondary N) is 1. The molecule has 0 spiro atoms. The molecule has 1 aliphatic heterocycles. The van der Waals surface area contributed by atoms with E-state index in [1.807, 2.05) is 0 Å². The number of benzene rings is 1. The Labute approximate surface area is 124 Å². The number of carbonyl (C=O) groups excluding carboxylic acids is 1. The molecule has 2 heterocycles. The number of sulfonamides is 1.